The van der Waals surface area contributed by atoms with Crippen LogP contribution >= 0.6 is 11.3 Å². The van der Waals surface area contributed by atoms with Gasteiger partial charge in [-0.2, -0.15) is 0 Å². The molecule has 0 radical (unpaired) electrons. The van der Waals surface area contributed by atoms with Gasteiger partial charge in [0.05, 0.1) is 28.5 Å². The largest absolute Gasteiger partial charge is 0.491 e. The Morgan fingerprint density at radius 1 is 1.14 bits per heavy atom. The average molecular weight is 413 g/mol. The highest BCUT2D eigenvalue weighted by Crippen LogP contribution is 2.28. The highest BCUT2D eigenvalue weighted by atomic mass is 32.1. The molecule has 1 amide bonds. The third kappa shape index (κ3) is 5.54. The summed E-state index contributed by atoms with van der Waals surface area (Å²) in [6.45, 7) is 6.32. The number of unbranched alkanes of at least 4 members (excludes halogenated alkanes) is 1. The van der Waals surface area contributed by atoms with Gasteiger partial charge in [0.25, 0.3) is 5.91 Å². The van der Waals surface area contributed by atoms with Gasteiger partial charge in [0, 0.05) is 5.56 Å². The standard InChI is InChI=1S/C22H24N2O4S/c1-4-5-11-27-21(26)16-9-10-18-19(13-16)29-22(23-18)24-20(25)15-7-6-8-17(12-15)28-14(2)3/h6-10,12-14H,4-5,11H2,1-3H3,(H,23,24,25). The Morgan fingerprint density at radius 3 is 2.72 bits per heavy atom. The van der Waals surface area contributed by atoms with E-state index in [4.69, 9.17) is 9.47 Å². The zero-order valence-corrected chi connectivity index (χ0v) is 17.5. The first-order chi connectivity index (χ1) is 14.0. The quantitative estimate of drug-likeness (QED) is 0.402. The molecule has 3 aromatic rings. The van der Waals surface area contributed by atoms with Crippen LogP contribution in [-0.2, 0) is 4.74 Å². The van der Waals surface area contributed by atoms with E-state index in [1.807, 2.05) is 26.8 Å². The van der Waals surface area contributed by atoms with Gasteiger partial charge in [0.1, 0.15) is 5.75 Å². The number of anilines is 1. The number of ether oxygens (including phenoxy) is 2. The predicted molar refractivity (Wildman–Crippen MR) is 115 cm³/mol. The van der Waals surface area contributed by atoms with Crippen molar-refractivity contribution in [1.82, 2.24) is 4.98 Å². The number of fused-ring (bicyclic) bond motifs is 1. The first kappa shape index (κ1) is 20.8. The highest BCUT2D eigenvalue weighted by molar-refractivity contribution is 7.22. The fraction of sp³-hybridized carbons (Fsp3) is 0.318. The summed E-state index contributed by atoms with van der Waals surface area (Å²) in [5.41, 5.74) is 1.68. The lowest BCUT2D eigenvalue weighted by Crippen LogP contribution is -2.12. The molecule has 1 heterocycles. The third-order valence-corrected chi connectivity index (χ3v) is 4.98. The molecule has 0 spiro atoms. The summed E-state index contributed by atoms with van der Waals surface area (Å²) in [6, 6.07) is 12.2. The summed E-state index contributed by atoms with van der Waals surface area (Å²) in [6.07, 6.45) is 1.84. The smallest absolute Gasteiger partial charge is 0.338 e. The highest BCUT2D eigenvalue weighted by Gasteiger charge is 2.13. The van der Waals surface area contributed by atoms with Crippen LogP contribution in [0, 0.1) is 0 Å². The van der Waals surface area contributed by atoms with E-state index >= 15 is 0 Å². The molecule has 0 aliphatic heterocycles. The molecule has 0 atom stereocenters. The molecule has 0 fully saturated rings. The van der Waals surface area contributed by atoms with E-state index in [1.54, 1.807) is 36.4 Å². The summed E-state index contributed by atoms with van der Waals surface area (Å²) in [4.78, 5) is 29.1. The third-order valence-electron chi connectivity index (χ3n) is 4.04. The van der Waals surface area contributed by atoms with E-state index in [0.717, 1.165) is 17.5 Å². The number of hydrogen-bond acceptors (Lipinski definition) is 6. The predicted octanol–water partition coefficient (Wildman–Crippen LogP) is 5.29. The molecule has 1 aromatic heterocycles. The monoisotopic (exact) mass is 412 g/mol. The SMILES string of the molecule is CCCCOC(=O)c1ccc2nc(NC(=O)c3cccc(OC(C)C)c3)sc2c1. The molecular formula is C22H24N2O4S. The van der Waals surface area contributed by atoms with Crippen LogP contribution < -0.4 is 10.1 Å². The fourth-order valence-electron chi connectivity index (χ4n) is 2.65. The Balaban J connectivity index is 1.72. The van der Waals surface area contributed by atoms with E-state index in [9.17, 15) is 9.59 Å². The van der Waals surface area contributed by atoms with Crippen LogP contribution in [0.15, 0.2) is 42.5 Å². The minimum Gasteiger partial charge on any atom is -0.491 e. The summed E-state index contributed by atoms with van der Waals surface area (Å²) in [5.74, 6) is 0.0296. The first-order valence-corrected chi connectivity index (χ1v) is 10.4. The lowest BCUT2D eigenvalue weighted by molar-refractivity contribution is 0.0500. The van der Waals surface area contributed by atoms with Crippen LogP contribution in [0.5, 0.6) is 5.75 Å². The zero-order valence-electron chi connectivity index (χ0n) is 16.7. The second-order valence-electron chi connectivity index (χ2n) is 6.84. The van der Waals surface area contributed by atoms with Gasteiger partial charge in [0.2, 0.25) is 0 Å². The van der Waals surface area contributed by atoms with Crippen LogP contribution in [0.2, 0.25) is 0 Å². The first-order valence-electron chi connectivity index (χ1n) is 9.62. The van der Waals surface area contributed by atoms with Crippen molar-refractivity contribution in [2.24, 2.45) is 0 Å². The maximum absolute atomic E-state index is 12.6. The second-order valence-corrected chi connectivity index (χ2v) is 7.87. The lowest BCUT2D eigenvalue weighted by atomic mass is 10.2. The maximum atomic E-state index is 12.6. The van der Waals surface area contributed by atoms with Gasteiger partial charge in [-0.15, -0.1) is 0 Å². The van der Waals surface area contributed by atoms with Crippen molar-refractivity contribution in [3.63, 3.8) is 0 Å². The number of aromatic nitrogens is 1. The van der Waals surface area contributed by atoms with Crippen molar-refractivity contribution >= 4 is 38.6 Å². The van der Waals surface area contributed by atoms with Crippen molar-refractivity contribution in [3.05, 3.63) is 53.6 Å². The second kappa shape index (κ2) is 9.52. The maximum Gasteiger partial charge on any atom is 0.338 e. The number of rotatable bonds is 8. The van der Waals surface area contributed by atoms with Crippen LogP contribution in [0.25, 0.3) is 10.2 Å². The molecule has 0 unspecified atom stereocenters. The number of esters is 1. The van der Waals surface area contributed by atoms with Crippen molar-refractivity contribution < 1.29 is 19.1 Å². The molecule has 0 aliphatic carbocycles. The van der Waals surface area contributed by atoms with Gasteiger partial charge < -0.3 is 9.47 Å². The molecule has 3 rings (SSSR count). The Hall–Kier alpha value is -2.93. The number of nitrogens with one attached hydrogen (secondary N) is 1. The minimum atomic E-state index is -0.346. The van der Waals surface area contributed by atoms with Crippen LogP contribution in [-0.4, -0.2) is 29.6 Å². The van der Waals surface area contributed by atoms with Crippen molar-refractivity contribution in [1.29, 1.82) is 0 Å². The van der Waals surface area contributed by atoms with Gasteiger partial charge in [-0.1, -0.05) is 30.7 Å². The molecule has 6 nitrogen and oxygen atoms in total. The van der Waals surface area contributed by atoms with E-state index in [1.165, 1.54) is 11.3 Å². The summed E-state index contributed by atoms with van der Waals surface area (Å²) in [7, 11) is 0. The Kier molecular flexibility index (Phi) is 6.82. The van der Waals surface area contributed by atoms with Gasteiger partial charge in [0.15, 0.2) is 5.13 Å². The number of benzene rings is 2. The van der Waals surface area contributed by atoms with Crippen LogP contribution in [0.1, 0.15) is 54.3 Å². The lowest BCUT2D eigenvalue weighted by Gasteiger charge is -2.10. The zero-order chi connectivity index (χ0) is 20.8. The number of thiazole rings is 1. The average Bonchev–Trinajstić information content (AvgIpc) is 3.09. The molecular weight excluding hydrogens is 388 g/mol. The minimum absolute atomic E-state index is 0.0282. The Bertz CT molecular complexity index is 1010. The number of carbonyl (C=O) groups excluding carboxylic acids is 2. The molecule has 1 N–H and O–H groups in total. The molecule has 7 heteroatoms. The van der Waals surface area contributed by atoms with Crippen molar-refractivity contribution in [3.8, 4) is 5.75 Å². The number of nitrogens with zero attached hydrogens (tertiary/aromatic N) is 1. The number of carbonyl (C=O) groups is 2. The van der Waals surface area contributed by atoms with Gasteiger partial charge in [-0.3, -0.25) is 10.1 Å². The Labute approximate surface area is 173 Å². The normalized spacial score (nSPS) is 10.9. The van der Waals surface area contributed by atoms with Crippen molar-refractivity contribution in [2.75, 3.05) is 11.9 Å². The molecule has 0 bridgehead atoms. The van der Waals surface area contributed by atoms with E-state index in [2.05, 4.69) is 10.3 Å². The Morgan fingerprint density at radius 2 is 1.97 bits per heavy atom. The molecule has 0 saturated heterocycles. The molecule has 152 valence electrons. The summed E-state index contributed by atoms with van der Waals surface area (Å²) < 4.78 is 11.7. The number of hydrogen-bond donors (Lipinski definition) is 1. The topological polar surface area (TPSA) is 77.5 Å². The molecule has 2 aromatic carbocycles. The van der Waals surface area contributed by atoms with Crippen LogP contribution in [0.4, 0.5) is 5.13 Å². The molecule has 0 aliphatic rings. The van der Waals surface area contributed by atoms with Gasteiger partial charge in [-0.25, -0.2) is 9.78 Å². The fourth-order valence-corrected chi connectivity index (χ4v) is 3.55. The van der Waals surface area contributed by atoms with E-state index in [0.29, 0.717) is 34.1 Å². The van der Waals surface area contributed by atoms with Crippen molar-refractivity contribution in [2.45, 2.75) is 39.7 Å². The molecule has 29 heavy (non-hydrogen) atoms. The van der Waals surface area contributed by atoms with Gasteiger partial charge in [-0.05, 0) is 56.7 Å². The van der Waals surface area contributed by atoms with E-state index in [-0.39, 0.29) is 18.0 Å². The number of amides is 1. The van der Waals surface area contributed by atoms with Gasteiger partial charge >= 0.3 is 5.97 Å². The van der Waals surface area contributed by atoms with E-state index < -0.39 is 0 Å². The summed E-state index contributed by atoms with van der Waals surface area (Å²) >= 11 is 1.31. The van der Waals surface area contributed by atoms with Crippen LogP contribution in [0.3, 0.4) is 0 Å². The summed E-state index contributed by atoms with van der Waals surface area (Å²) in [5, 5.41) is 3.28. The molecule has 0 saturated carbocycles.